The molecule has 0 saturated carbocycles. The molecule has 12 heteroatoms. The number of alkyl halides is 6. The van der Waals surface area contributed by atoms with Crippen molar-refractivity contribution in [2.24, 2.45) is 16.5 Å². The van der Waals surface area contributed by atoms with Gasteiger partial charge in [0.2, 0.25) is 0 Å². The van der Waals surface area contributed by atoms with E-state index in [1.54, 1.807) is 6.92 Å². The van der Waals surface area contributed by atoms with Crippen LogP contribution in [0.4, 0.5) is 26.3 Å². The van der Waals surface area contributed by atoms with Gasteiger partial charge < -0.3 is 16.2 Å². The van der Waals surface area contributed by atoms with Gasteiger partial charge in [-0.3, -0.25) is 4.79 Å². The van der Waals surface area contributed by atoms with Crippen molar-refractivity contribution in [3.63, 3.8) is 0 Å². The number of carbonyl (C=O) groups excluding carboxylic acids is 2. The molecule has 0 spiro atoms. The van der Waals surface area contributed by atoms with Gasteiger partial charge in [0.15, 0.2) is 5.96 Å². The van der Waals surface area contributed by atoms with Crippen LogP contribution in [0.15, 0.2) is 41.4 Å². The van der Waals surface area contributed by atoms with Crippen molar-refractivity contribution in [1.82, 2.24) is 0 Å². The standard InChI is InChI=1S/C10H10F3N3O.C10H9F3O2/c1-5-2-3-6(10(11,12)13)4-7(5)8(17)16-9(14)15;1-6-3-4-7(10(11,12)13)5-8(6)9(14)15-2/h2-4H,1H3,(H4,14,15,16,17);3-5H,1-2H3. The van der Waals surface area contributed by atoms with Crippen molar-refractivity contribution in [1.29, 1.82) is 0 Å². The van der Waals surface area contributed by atoms with E-state index in [4.69, 9.17) is 11.5 Å². The number of nitrogens with two attached hydrogens (primary N) is 2. The molecule has 4 N–H and O–H groups in total. The van der Waals surface area contributed by atoms with Gasteiger partial charge in [-0.2, -0.15) is 31.3 Å². The van der Waals surface area contributed by atoms with Gasteiger partial charge in [-0.15, -0.1) is 0 Å². The number of esters is 1. The summed E-state index contributed by atoms with van der Waals surface area (Å²) in [6, 6.07) is 5.78. The Bertz CT molecular complexity index is 1030. The van der Waals surface area contributed by atoms with Crippen LogP contribution in [0.1, 0.15) is 43.0 Å². The molecule has 32 heavy (non-hydrogen) atoms. The first kappa shape index (κ1) is 26.5. The molecule has 174 valence electrons. The SMILES string of the molecule is COC(=O)c1cc(C(F)(F)F)ccc1C.Cc1ccc(C(F)(F)F)cc1C(=O)N=C(N)N. The van der Waals surface area contributed by atoms with Crippen molar-refractivity contribution in [2.45, 2.75) is 26.2 Å². The van der Waals surface area contributed by atoms with E-state index in [2.05, 4.69) is 9.73 Å². The van der Waals surface area contributed by atoms with Gasteiger partial charge in [0, 0.05) is 5.56 Å². The molecule has 0 fully saturated rings. The molecule has 2 rings (SSSR count). The lowest BCUT2D eigenvalue weighted by Crippen LogP contribution is -2.24. The summed E-state index contributed by atoms with van der Waals surface area (Å²) in [6.45, 7) is 3.04. The maximum atomic E-state index is 12.4. The van der Waals surface area contributed by atoms with Crippen molar-refractivity contribution in [3.8, 4) is 0 Å². The molecule has 6 nitrogen and oxygen atoms in total. The third kappa shape index (κ3) is 7.29. The molecule has 2 aromatic rings. The van der Waals surface area contributed by atoms with Crippen LogP contribution in [-0.2, 0) is 17.1 Å². The van der Waals surface area contributed by atoms with Gasteiger partial charge in [-0.25, -0.2) is 4.79 Å². The zero-order chi connectivity index (χ0) is 24.9. The second-order valence-corrected chi connectivity index (χ2v) is 6.39. The Morgan fingerprint density at radius 2 is 1.22 bits per heavy atom. The van der Waals surface area contributed by atoms with Gasteiger partial charge >= 0.3 is 18.3 Å². The zero-order valence-corrected chi connectivity index (χ0v) is 17.1. The summed E-state index contributed by atoms with van der Waals surface area (Å²) >= 11 is 0. The Labute approximate surface area is 178 Å². The molecular formula is C20H19F6N3O3. The number of carbonyl (C=O) groups is 2. The maximum Gasteiger partial charge on any atom is 0.416 e. The van der Waals surface area contributed by atoms with Crippen LogP contribution in [-0.4, -0.2) is 24.9 Å². The van der Waals surface area contributed by atoms with E-state index in [0.717, 1.165) is 31.4 Å². The summed E-state index contributed by atoms with van der Waals surface area (Å²) in [6.07, 6.45) is -8.96. The molecule has 2 aromatic carbocycles. The third-order valence-corrected chi connectivity index (χ3v) is 4.00. The monoisotopic (exact) mass is 463 g/mol. The molecule has 0 aliphatic carbocycles. The number of benzene rings is 2. The van der Waals surface area contributed by atoms with Crippen LogP contribution in [0.3, 0.4) is 0 Å². The largest absolute Gasteiger partial charge is 0.465 e. The summed E-state index contributed by atoms with van der Waals surface area (Å²) in [4.78, 5) is 25.8. The van der Waals surface area contributed by atoms with E-state index in [9.17, 15) is 35.9 Å². The van der Waals surface area contributed by atoms with Crippen LogP contribution in [0.2, 0.25) is 0 Å². The van der Waals surface area contributed by atoms with Crippen molar-refractivity contribution >= 4 is 17.8 Å². The fourth-order valence-corrected chi connectivity index (χ4v) is 2.33. The summed E-state index contributed by atoms with van der Waals surface area (Å²) in [7, 11) is 1.13. The lowest BCUT2D eigenvalue weighted by molar-refractivity contribution is -0.138. The molecule has 0 aromatic heterocycles. The van der Waals surface area contributed by atoms with Gasteiger partial charge in [-0.05, 0) is 49.2 Å². The fraction of sp³-hybridized carbons (Fsp3) is 0.250. The molecule has 0 heterocycles. The van der Waals surface area contributed by atoms with E-state index in [0.29, 0.717) is 11.1 Å². The van der Waals surface area contributed by atoms with Crippen LogP contribution >= 0.6 is 0 Å². The Balaban J connectivity index is 0.000000323. The molecule has 0 radical (unpaired) electrons. The molecule has 1 amide bonds. The molecule has 0 bridgehead atoms. The van der Waals surface area contributed by atoms with Gasteiger partial charge in [-0.1, -0.05) is 12.1 Å². The second kappa shape index (κ2) is 10.2. The predicted octanol–water partition coefficient (Wildman–Crippen LogP) is 4.23. The molecule has 0 unspecified atom stereocenters. The summed E-state index contributed by atoms with van der Waals surface area (Å²) in [5.74, 6) is -2.15. The molecule has 0 aliphatic heterocycles. The highest BCUT2D eigenvalue weighted by molar-refractivity contribution is 6.02. The third-order valence-electron chi connectivity index (χ3n) is 4.00. The minimum Gasteiger partial charge on any atom is -0.465 e. The Hall–Kier alpha value is -3.57. The number of hydrogen-bond donors (Lipinski definition) is 2. The summed E-state index contributed by atoms with van der Waals surface area (Å²) in [5, 5.41) is 0. The molecule has 0 saturated heterocycles. The second-order valence-electron chi connectivity index (χ2n) is 6.39. The average molecular weight is 463 g/mol. The van der Waals surface area contributed by atoms with E-state index < -0.39 is 41.3 Å². The first-order chi connectivity index (χ1) is 14.6. The maximum absolute atomic E-state index is 12.4. The van der Waals surface area contributed by atoms with Crippen LogP contribution in [0, 0.1) is 13.8 Å². The lowest BCUT2D eigenvalue weighted by atomic mass is 10.0. The van der Waals surface area contributed by atoms with Gasteiger partial charge in [0.25, 0.3) is 5.91 Å². The highest BCUT2D eigenvalue weighted by Crippen LogP contribution is 2.31. The van der Waals surface area contributed by atoms with Crippen molar-refractivity contribution in [3.05, 3.63) is 69.8 Å². The predicted molar refractivity (Wildman–Crippen MR) is 104 cm³/mol. The van der Waals surface area contributed by atoms with Crippen LogP contribution in [0.5, 0.6) is 0 Å². The number of ether oxygens (including phenoxy) is 1. The number of hydrogen-bond acceptors (Lipinski definition) is 3. The normalized spacial score (nSPS) is 11.2. The fourth-order valence-electron chi connectivity index (χ4n) is 2.33. The number of aryl methyl sites for hydroxylation is 2. The first-order valence-corrected chi connectivity index (χ1v) is 8.66. The number of amides is 1. The molecule has 0 atom stereocenters. The Kier molecular flexibility index (Phi) is 8.40. The average Bonchev–Trinajstić information content (AvgIpc) is 2.66. The first-order valence-electron chi connectivity index (χ1n) is 8.66. The van der Waals surface area contributed by atoms with E-state index in [-0.39, 0.29) is 11.1 Å². The summed E-state index contributed by atoms with van der Waals surface area (Å²) < 4.78 is 78.6. The van der Waals surface area contributed by atoms with Crippen LogP contribution < -0.4 is 11.5 Å². The van der Waals surface area contributed by atoms with Crippen molar-refractivity contribution in [2.75, 3.05) is 7.11 Å². The molecule has 0 aliphatic rings. The Morgan fingerprint density at radius 3 is 1.59 bits per heavy atom. The number of rotatable bonds is 2. The minimum absolute atomic E-state index is 0.0627. The highest BCUT2D eigenvalue weighted by atomic mass is 19.4. The lowest BCUT2D eigenvalue weighted by Gasteiger charge is -2.09. The smallest absolute Gasteiger partial charge is 0.416 e. The van der Waals surface area contributed by atoms with Gasteiger partial charge in [0.05, 0.1) is 23.8 Å². The van der Waals surface area contributed by atoms with E-state index in [1.807, 2.05) is 0 Å². The van der Waals surface area contributed by atoms with E-state index in [1.165, 1.54) is 19.1 Å². The number of aliphatic imine (C=N–C) groups is 1. The molecular weight excluding hydrogens is 444 g/mol. The number of guanidine groups is 1. The number of nitrogens with zero attached hydrogens (tertiary/aromatic N) is 1. The number of methoxy groups -OCH3 is 1. The topological polar surface area (TPSA) is 108 Å². The van der Waals surface area contributed by atoms with E-state index >= 15 is 0 Å². The Morgan fingerprint density at radius 1 is 0.812 bits per heavy atom. The van der Waals surface area contributed by atoms with Crippen molar-refractivity contribution < 1.29 is 40.7 Å². The number of halogens is 6. The van der Waals surface area contributed by atoms with Crippen LogP contribution in [0.25, 0.3) is 0 Å². The summed E-state index contributed by atoms with van der Waals surface area (Å²) in [5.41, 5.74) is 8.79. The highest BCUT2D eigenvalue weighted by Gasteiger charge is 2.32. The quantitative estimate of drug-likeness (QED) is 0.300. The minimum atomic E-state index is -4.51. The van der Waals surface area contributed by atoms with Gasteiger partial charge in [0.1, 0.15) is 0 Å². The zero-order valence-electron chi connectivity index (χ0n) is 17.1.